The van der Waals surface area contributed by atoms with Gasteiger partial charge < -0.3 is 5.32 Å². The molecule has 0 unspecified atom stereocenters. The predicted molar refractivity (Wildman–Crippen MR) is 95.1 cm³/mol. The number of thiophene rings is 1. The fraction of sp³-hybridized carbons (Fsp3) is 0.133. The quantitative estimate of drug-likeness (QED) is 0.662. The first-order chi connectivity index (χ1) is 11.1. The molecule has 118 valence electrons. The minimum atomic E-state index is -0.332. The zero-order valence-corrected chi connectivity index (χ0v) is 14.5. The maximum absolute atomic E-state index is 12.2. The van der Waals surface area contributed by atoms with Gasteiger partial charge in [0.2, 0.25) is 11.1 Å². The standard InChI is InChI=1S/C15H13ClN4OS2/c1-9(14(21)17-11-5-2-4-10(16)8-11)23-15-18-13(19-20-15)12-6-3-7-22-12/h2-9H,1H3,(H,17,21)(H,18,19,20)/t9-/m1/s1. The fourth-order valence-corrected chi connectivity index (χ4v) is 3.42. The van der Waals surface area contributed by atoms with Crippen molar-refractivity contribution in [3.8, 4) is 10.7 Å². The molecular weight excluding hydrogens is 352 g/mol. The fourth-order valence-electron chi connectivity index (χ4n) is 1.84. The van der Waals surface area contributed by atoms with Gasteiger partial charge in [-0.3, -0.25) is 9.89 Å². The van der Waals surface area contributed by atoms with Crippen molar-refractivity contribution in [2.45, 2.75) is 17.3 Å². The third-order valence-corrected chi connectivity index (χ3v) is 5.04. The molecule has 2 aromatic heterocycles. The van der Waals surface area contributed by atoms with E-state index in [0.29, 0.717) is 21.7 Å². The molecule has 2 heterocycles. The van der Waals surface area contributed by atoms with Crippen molar-refractivity contribution in [2.75, 3.05) is 5.32 Å². The lowest BCUT2D eigenvalue weighted by Gasteiger charge is -2.10. The number of thioether (sulfide) groups is 1. The maximum Gasteiger partial charge on any atom is 0.237 e. The predicted octanol–water partition coefficient (Wildman–Crippen LogP) is 4.31. The van der Waals surface area contributed by atoms with Crippen molar-refractivity contribution >= 4 is 46.3 Å². The molecule has 8 heteroatoms. The summed E-state index contributed by atoms with van der Waals surface area (Å²) >= 11 is 8.79. The molecule has 1 aromatic carbocycles. The van der Waals surface area contributed by atoms with Crippen LogP contribution in [0.15, 0.2) is 46.9 Å². The number of amides is 1. The highest BCUT2D eigenvalue weighted by molar-refractivity contribution is 8.00. The third-order valence-electron chi connectivity index (χ3n) is 2.96. The minimum absolute atomic E-state index is 0.125. The number of rotatable bonds is 5. The highest BCUT2D eigenvalue weighted by atomic mass is 35.5. The number of aromatic amines is 1. The van der Waals surface area contributed by atoms with E-state index < -0.39 is 0 Å². The Hall–Kier alpha value is -1.83. The molecule has 1 amide bonds. The van der Waals surface area contributed by atoms with Crippen LogP contribution < -0.4 is 5.32 Å². The van der Waals surface area contributed by atoms with Gasteiger partial charge in [0.05, 0.1) is 10.1 Å². The van der Waals surface area contributed by atoms with Crippen LogP contribution in [0.5, 0.6) is 0 Å². The average molecular weight is 365 g/mol. The highest BCUT2D eigenvalue weighted by Gasteiger charge is 2.18. The van der Waals surface area contributed by atoms with E-state index in [1.54, 1.807) is 35.6 Å². The Kier molecular flexibility index (Phi) is 5.00. The lowest BCUT2D eigenvalue weighted by atomic mass is 10.3. The third kappa shape index (κ3) is 4.13. The summed E-state index contributed by atoms with van der Waals surface area (Å²) < 4.78 is 0. The van der Waals surface area contributed by atoms with E-state index in [2.05, 4.69) is 20.5 Å². The molecule has 0 aliphatic rings. The van der Waals surface area contributed by atoms with E-state index in [1.165, 1.54) is 11.8 Å². The molecule has 0 fully saturated rings. The van der Waals surface area contributed by atoms with E-state index in [1.807, 2.05) is 24.4 Å². The summed E-state index contributed by atoms with van der Waals surface area (Å²) in [5, 5.41) is 12.6. The molecule has 0 radical (unpaired) electrons. The first-order valence-corrected chi connectivity index (χ1v) is 8.95. The second kappa shape index (κ2) is 7.16. The Morgan fingerprint density at radius 1 is 1.39 bits per heavy atom. The number of H-pyrrole nitrogens is 1. The highest BCUT2D eigenvalue weighted by Crippen LogP contribution is 2.26. The Morgan fingerprint density at radius 2 is 2.26 bits per heavy atom. The normalized spacial score (nSPS) is 12.1. The second-order valence-electron chi connectivity index (χ2n) is 4.70. The van der Waals surface area contributed by atoms with Crippen LogP contribution in [-0.2, 0) is 4.79 Å². The lowest BCUT2D eigenvalue weighted by molar-refractivity contribution is -0.115. The topological polar surface area (TPSA) is 70.7 Å². The first-order valence-electron chi connectivity index (χ1n) is 6.81. The van der Waals surface area contributed by atoms with Gasteiger partial charge in [-0.15, -0.1) is 16.4 Å². The number of hydrogen-bond acceptors (Lipinski definition) is 5. The van der Waals surface area contributed by atoms with Crippen molar-refractivity contribution in [1.82, 2.24) is 15.2 Å². The Balaban J connectivity index is 1.62. The average Bonchev–Trinajstić information content (AvgIpc) is 3.17. The number of anilines is 1. The van der Waals surface area contributed by atoms with Crippen LogP contribution in [-0.4, -0.2) is 26.3 Å². The van der Waals surface area contributed by atoms with E-state index in [9.17, 15) is 4.79 Å². The largest absolute Gasteiger partial charge is 0.325 e. The Morgan fingerprint density at radius 3 is 3.00 bits per heavy atom. The molecule has 0 aliphatic heterocycles. The summed E-state index contributed by atoms with van der Waals surface area (Å²) in [6, 6.07) is 11.0. The number of nitrogens with zero attached hydrogens (tertiary/aromatic N) is 2. The maximum atomic E-state index is 12.2. The van der Waals surface area contributed by atoms with Crippen LogP contribution in [0.2, 0.25) is 5.02 Å². The number of nitrogens with one attached hydrogen (secondary N) is 2. The van der Waals surface area contributed by atoms with Gasteiger partial charge in [-0.25, -0.2) is 4.98 Å². The van der Waals surface area contributed by atoms with Gasteiger partial charge in [-0.2, -0.15) is 0 Å². The van der Waals surface area contributed by atoms with Gasteiger partial charge in [0.25, 0.3) is 0 Å². The molecule has 3 rings (SSSR count). The van der Waals surface area contributed by atoms with E-state index in [4.69, 9.17) is 11.6 Å². The second-order valence-corrected chi connectivity index (χ2v) is 7.40. The van der Waals surface area contributed by atoms with Crippen LogP contribution in [0.4, 0.5) is 5.69 Å². The monoisotopic (exact) mass is 364 g/mol. The van der Waals surface area contributed by atoms with Crippen molar-refractivity contribution in [2.24, 2.45) is 0 Å². The first kappa shape index (κ1) is 16.0. The molecule has 5 nitrogen and oxygen atoms in total. The van der Waals surface area contributed by atoms with Crippen molar-refractivity contribution in [3.63, 3.8) is 0 Å². The van der Waals surface area contributed by atoms with Crippen molar-refractivity contribution < 1.29 is 4.79 Å². The van der Waals surface area contributed by atoms with Crippen LogP contribution in [0.25, 0.3) is 10.7 Å². The molecule has 0 aliphatic carbocycles. The van der Waals surface area contributed by atoms with Crippen LogP contribution in [0, 0.1) is 0 Å². The summed E-state index contributed by atoms with van der Waals surface area (Å²) in [5.74, 6) is 0.588. The van der Waals surface area contributed by atoms with Crippen LogP contribution in [0.1, 0.15) is 6.92 Å². The molecule has 0 spiro atoms. The van der Waals surface area contributed by atoms with E-state index in [0.717, 1.165) is 4.88 Å². The number of halogens is 1. The van der Waals surface area contributed by atoms with Gasteiger partial charge in [-0.1, -0.05) is 35.5 Å². The summed E-state index contributed by atoms with van der Waals surface area (Å²) in [4.78, 5) is 17.6. The van der Waals surface area contributed by atoms with Crippen molar-refractivity contribution in [1.29, 1.82) is 0 Å². The van der Waals surface area contributed by atoms with E-state index in [-0.39, 0.29) is 11.2 Å². The summed E-state index contributed by atoms with van der Waals surface area (Å²) in [5.41, 5.74) is 0.671. The van der Waals surface area contributed by atoms with Gasteiger partial charge in [0.15, 0.2) is 5.82 Å². The smallest absolute Gasteiger partial charge is 0.237 e. The number of benzene rings is 1. The van der Waals surface area contributed by atoms with Gasteiger partial charge in [-0.05, 0) is 36.6 Å². The van der Waals surface area contributed by atoms with Gasteiger partial charge in [0.1, 0.15) is 0 Å². The summed E-state index contributed by atoms with van der Waals surface area (Å²) in [7, 11) is 0. The van der Waals surface area contributed by atoms with Gasteiger partial charge >= 0.3 is 0 Å². The molecule has 0 bridgehead atoms. The molecule has 0 saturated carbocycles. The van der Waals surface area contributed by atoms with Gasteiger partial charge in [0, 0.05) is 10.7 Å². The molecule has 1 atom stereocenters. The van der Waals surface area contributed by atoms with E-state index >= 15 is 0 Å². The number of hydrogen-bond donors (Lipinski definition) is 2. The Bertz CT molecular complexity index is 803. The van der Waals surface area contributed by atoms with Crippen LogP contribution in [0.3, 0.4) is 0 Å². The molecule has 2 N–H and O–H groups in total. The molecule has 3 aromatic rings. The summed E-state index contributed by atoms with van der Waals surface area (Å²) in [6.07, 6.45) is 0. The molecular formula is C15H13ClN4OS2. The molecule has 23 heavy (non-hydrogen) atoms. The molecule has 0 saturated heterocycles. The SMILES string of the molecule is C[C@@H](Sc1n[nH]c(-c2cccs2)n1)C(=O)Nc1cccc(Cl)c1. The summed E-state index contributed by atoms with van der Waals surface area (Å²) in [6.45, 7) is 1.81. The van der Waals surface area contributed by atoms with Crippen molar-refractivity contribution in [3.05, 3.63) is 46.8 Å². The minimum Gasteiger partial charge on any atom is -0.325 e. The van der Waals surface area contributed by atoms with Crippen LogP contribution >= 0.6 is 34.7 Å². The Labute approximate surface area is 146 Å². The number of carbonyl (C=O) groups excluding carboxylic acids is 1. The number of carbonyl (C=O) groups is 1. The zero-order chi connectivity index (χ0) is 16.2. The lowest BCUT2D eigenvalue weighted by Crippen LogP contribution is -2.22. The number of aromatic nitrogens is 3. The zero-order valence-electron chi connectivity index (χ0n) is 12.1.